The van der Waals surface area contributed by atoms with Crippen LogP contribution in [0.2, 0.25) is 0 Å². The normalized spacial score (nSPS) is 13.3. The van der Waals surface area contributed by atoms with Gasteiger partial charge in [-0.05, 0) is 56.6 Å². The summed E-state index contributed by atoms with van der Waals surface area (Å²) in [6.07, 6.45) is 0. The zero-order valence-electron chi connectivity index (χ0n) is 25.4. The molecule has 2 heteroatoms. The maximum absolute atomic E-state index is 3.87. The zero-order valence-corrected chi connectivity index (χ0v) is 25.4. The molecule has 2 nitrogen and oxygen atoms in total. The molecule has 2 heterocycles. The molecular formula is C43H32N2. The molecule has 6 aromatic carbocycles. The molecule has 0 aliphatic heterocycles. The smallest absolute Gasteiger partial charge is 0.0544 e. The van der Waals surface area contributed by atoms with E-state index in [4.69, 9.17) is 0 Å². The lowest BCUT2D eigenvalue weighted by molar-refractivity contribution is 0.672. The van der Waals surface area contributed by atoms with Gasteiger partial charge in [-0.2, -0.15) is 0 Å². The van der Waals surface area contributed by atoms with Crippen LogP contribution in [0.15, 0.2) is 146 Å². The minimum Gasteiger partial charge on any atom is -0.354 e. The number of nitrogens with one attached hydrogen (secondary N) is 2. The predicted octanol–water partition coefficient (Wildman–Crippen LogP) is 11.6. The first-order valence-electron chi connectivity index (χ1n) is 15.7. The van der Waals surface area contributed by atoms with Crippen LogP contribution >= 0.6 is 0 Å². The molecule has 0 radical (unpaired) electrons. The van der Waals surface area contributed by atoms with E-state index in [0.717, 1.165) is 0 Å². The van der Waals surface area contributed by atoms with Crippen molar-refractivity contribution in [3.63, 3.8) is 0 Å². The first kappa shape index (κ1) is 25.9. The van der Waals surface area contributed by atoms with Crippen LogP contribution in [-0.2, 0) is 5.41 Å². The highest BCUT2D eigenvalue weighted by molar-refractivity contribution is 6.14. The average molecular weight is 577 g/mol. The van der Waals surface area contributed by atoms with E-state index in [2.05, 4.69) is 169 Å². The van der Waals surface area contributed by atoms with Gasteiger partial charge in [-0.1, -0.05) is 147 Å². The van der Waals surface area contributed by atoms with Crippen molar-refractivity contribution in [3.8, 4) is 55.9 Å². The second-order valence-electron chi connectivity index (χ2n) is 12.7. The van der Waals surface area contributed by atoms with Gasteiger partial charge in [0.05, 0.1) is 11.4 Å². The summed E-state index contributed by atoms with van der Waals surface area (Å²) >= 11 is 0. The Morgan fingerprint density at radius 1 is 0.378 bits per heavy atom. The van der Waals surface area contributed by atoms with Gasteiger partial charge < -0.3 is 9.97 Å². The second kappa shape index (κ2) is 9.70. The minimum atomic E-state index is -0.261. The van der Waals surface area contributed by atoms with Crippen molar-refractivity contribution < 1.29 is 0 Å². The molecule has 8 aromatic rings. The van der Waals surface area contributed by atoms with Crippen LogP contribution in [-0.4, -0.2) is 9.97 Å². The number of aromatic amines is 2. The molecule has 214 valence electrons. The minimum absolute atomic E-state index is 0.261. The van der Waals surface area contributed by atoms with Crippen LogP contribution in [0, 0.1) is 0 Å². The van der Waals surface area contributed by atoms with E-state index < -0.39 is 0 Å². The SMILES string of the molecule is CC1(C)c2c(ccc3[nH]c(-c4ccccc4)c(-c4ccccc4)c23)-c2ccc3[nH]c(-c4ccccc4)c(-c4ccccc4)c3c21. The topological polar surface area (TPSA) is 31.6 Å². The van der Waals surface area contributed by atoms with E-state index in [1.54, 1.807) is 0 Å². The van der Waals surface area contributed by atoms with Gasteiger partial charge in [0.1, 0.15) is 0 Å². The van der Waals surface area contributed by atoms with Crippen LogP contribution in [0.5, 0.6) is 0 Å². The molecule has 1 aliphatic carbocycles. The van der Waals surface area contributed by atoms with Gasteiger partial charge in [-0.15, -0.1) is 0 Å². The Hall–Kier alpha value is -5.60. The number of aromatic nitrogens is 2. The third-order valence-electron chi connectivity index (χ3n) is 9.72. The van der Waals surface area contributed by atoms with E-state index in [1.807, 2.05) is 0 Å². The van der Waals surface area contributed by atoms with Gasteiger partial charge in [0.15, 0.2) is 0 Å². The van der Waals surface area contributed by atoms with E-state index in [-0.39, 0.29) is 5.41 Å². The molecular weight excluding hydrogens is 544 g/mol. The summed E-state index contributed by atoms with van der Waals surface area (Å²) in [6.45, 7) is 4.84. The van der Waals surface area contributed by atoms with Gasteiger partial charge in [0.2, 0.25) is 0 Å². The average Bonchev–Trinajstić information content (AvgIpc) is 3.74. The Morgan fingerprint density at radius 3 is 1.07 bits per heavy atom. The Morgan fingerprint density at radius 2 is 0.711 bits per heavy atom. The van der Waals surface area contributed by atoms with Gasteiger partial charge in [-0.3, -0.25) is 0 Å². The number of rotatable bonds is 4. The second-order valence-corrected chi connectivity index (χ2v) is 12.7. The summed E-state index contributed by atoms with van der Waals surface area (Å²) in [4.78, 5) is 7.73. The van der Waals surface area contributed by atoms with E-state index in [0.29, 0.717) is 0 Å². The number of benzene rings is 6. The van der Waals surface area contributed by atoms with Gasteiger partial charge >= 0.3 is 0 Å². The molecule has 0 amide bonds. The first-order chi connectivity index (χ1) is 22.1. The lowest BCUT2D eigenvalue weighted by Gasteiger charge is -2.25. The summed E-state index contributed by atoms with van der Waals surface area (Å²) in [5.74, 6) is 0. The molecule has 0 saturated heterocycles. The molecule has 2 aromatic heterocycles. The van der Waals surface area contributed by atoms with Gasteiger partial charge in [0.25, 0.3) is 0 Å². The van der Waals surface area contributed by atoms with Crippen molar-refractivity contribution in [1.82, 2.24) is 9.97 Å². The molecule has 0 saturated carbocycles. The fourth-order valence-corrected chi connectivity index (χ4v) is 7.88. The highest BCUT2D eigenvalue weighted by atomic mass is 14.7. The number of H-pyrrole nitrogens is 2. The largest absolute Gasteiger partial charge is 0.354 e. The molecule has 1 aliphatic rings. The van der Waals surface area contributed by atoms with Gasteiger partial charge in [0, 0.05) is 38.3 Å². The van der Waals surface area contributed by atoms with Crippen LogP contribution in [0.1, 0.15) is 25.0 Å². The quantitative estimate of drug-likeness (QED) is 0.209. The number of hydrogen-bond donors (Lipinski definition) is 2. The maximum atomic E-state index is 3.87. The number of hydrogen-bond acceptors (Lipinski definition) is 0. The fourth-order valence-electron chi connectivity index (χ4n) is 7.88. The molecule has 0 bridgehead atoms. The molecule has 0 unspecified atom stereocenters. The first-order valence-corrected chi connectivity index (χ1v) is 15.7. The summed E-state index contributed by atoms with van der Waals surface area (Å²) < 4.78 is 0. The van der Waals surface area contributed by atoms with Crippen molar-refractivity contribution in [3.05, 3.63) is 157 Å². The standard InChI is InChI=1S/C43H32N2/c1-43(2)39-31(23-25-33-37(39)35(27-15-7-3-8-16-27)41(44-33)29-19-11-5-12-20-29)32-24-26-34-38(40(32)43)36(28-17-9-4-10-18-28)42(45-34)30-21-13-6-14-22-30/h3-26,44-45H,1-2H3. The van der Waals surface area contributed by atoms with E-state index in [9.17, 15) is 0 Å². The third-order valence-corrected chi connectivity index (χ3v) is 9.72. The third kappa shape index (κ3) is 3.76. The molecule has 0 fully saturated rings. The van der Waals surface area contributed by atoms with Crippen molar-refractivity contribution >= 4 is 21.8 Å². The van der Waals surface area contributed by atoms with Crippen LogP contribution < -0.4 is 0 Å². The summed E-state index contributed by atoms with van der Waals surface area (Å²) in [5, 5.41) is 2.62. The zero-order chi connectivity index (χ0) is 30.1. The van der Waals surface area contributed by atoms with Crippen molar-refractivity contribution in [2.45, 2.75) is 19.3 Å². The van der Waals surface area contributed by atoms with Crippen molar-refractivity contribution in [1.29, 1.82) is 0 Å². The highest BCUT2D eigenvalue weighted by Crippen LogP contribution is 2.57. The Labute approximate surface area is 263 Å². The number of fused-ring (bicyclic) bond motifs is 7. The summed E-state index contributed by atoms with van der Waals surface area (Å²) in [6, 6.07) is 52.5. The van der Waals surface area contributed by atoms with E-state index in [1.165, 1.54) is 88.8 Å². The lowest BCUT2D eigenvalue weighted by atomic mass is 9.77. The Bertz CT molecular complexity index is 2190. The molecule has 45 heavy (non-hydrogen) atoms. The summed E-state index contributed by atoms with van der Waals surface area (Å²) in [5.41, 5.74) is 17.2. The monoisotopic (exact) mass is 576 g/mol. The van der Waals surface area contributed by atoms with Crippen LogP contribution in [0.4, 0.5) is 0 Å². The van der Waals surface area contributed by atoms with Gasteiger partial charge in [-0.25, -0.2) is 0 Å². The van der Waals surface area contributed by atoms with E-state index >= 15 is 0 Å². The molecule has 9 rings (SSSR count). The molecule has 0 atom stereocenters. The van der Waals surface area contributed by atoms with Crippen LogP contribution in [0.25, 0.3) is 77.7 Å². The van der Waals surface area contributed by atoms with Crippen molar-refractivity contribution in [2.24, 2.45) is 0 Å². The van der Waals surface area contributed by atoms with Crippen molar-refractivity contribution in [2.75, 3.05) is 0 Å². The maximum Gasteiger partial charge on any atom is 0.0544 e. The summed E-state index contributed by atoms with van der Waals surface area (Å²) in [7, 11) is 0. The predicted molar refractivity (Wildman–Crippen MR) is 189 cm³/mol. The highest BCUT2D eigenvalue weighted by Gasteiger charge is 2.41. The van der Waals surface area contributed by atoms with Crippen LogP contribution in [0.3, 0.4) is 0 Å². The molecule has 0 spiro atoms. The lowest BCUT2D eigenvalue weighted by Crippen LogP contribution is -2.16. The Kier molecular flexibility index (Phi) is 5.58. The fraction of sp³-hybridized carbons (Fsp3) is 0.0698. The molecule has 2 N–H and O–H groups in total. The Balaban J connectivity index is 1.39.